The number of furan rings is 1. The van der Waals surface area contributed by atoms with Gasteiger partial charge in [0.2, 0.25) is 0 Å². The molecule has 1 rings (SSSR count). The largest absolute Gasteiger partial charge is 0.450 e. The van der Waals surface area contributed by atoms with Gasteiger partial charge in [0, 0.05) is 0 Å². The second-order valence-electron chi connectivity index (χ2n) is 5.05. The molecule has 0 saturated heterocycles. The highest BCUT2D eigenvalue weighted by molar-refractivity contribution is 9.13. The highest BCUT2D eigenvalue weighted by Crippen LogP contribution is 2.31. The molecule has 4 heteroatoms. The molecule has 0 fully saturated rings. The van der Waals surface area contributed by atoms with Crippen molar-refractivity contribution in [1.29, 1.82) is 0 Å². The molecule has 1 aromatic rings. The topological polar surface area (TPSA) is 33.4 Å². The first-order chi connectivity index (χ1) is 9.15. The van der Waals surface area contributed by atoms with Crippen molar-refractivity contribution in [2.24, 2.45) is 0 Å². The van der Waals surface area contributed by atoms with Gasteiger partial charge in [-0.15, -0.1) is 0 Å². The Morgan fingerprint density at radius 1 is 1.05 bits per heavy atom. The van der Waals surface area contributed by atoms with E-state index in [0.717, 1.165) is 17.3 Å². The van der Waals surface area contributed by atoms with Crippen molar-refractivity contribution in [3.05, 3.63) is 21.0 Å². The zero-order valence-electron chi connectivity index (χ0n) is 11.6. The van der Waals surface area contributed by atoms with Gasteiger partial charge in [-0.2, -0.15) is 0 Å². The molecule has 0 bridgehead atoms. The van der Waals surface area contributed by atoms with Crippen molar-refractivity contribution in [1.82, 2.24) is 0 Å². The SMILES string of the molecule is CCCCCCCCCCC(O)c1cc(Br)c(Br)o1. The predicted molar refractivity (Wildman–Crippen MR) is 86.3 cm³/mol. The molecule has 1 atom stereocenters. The second-order valence-corrected chi connectivity index (χ2v) is 6.62. The Balaban J connectivity index is 2.06. The third kappa shape index (κ3) is 6.96. The van der Waals surface area contributed by atoms with Crippen LogP contribution >= 0.6 is 31.9 Å². The Bertz CT molecular complexity index is 330. The van der Waals surface area contributed by atoms with E-state index in [9.17, 15) is 5.11 Å². The minimum atomic E-state index is -0.484. The van der Waals surface area contributed by atoms with Crippen molar-refractivity contribution in [2.75, 3.05) is 0 Å². The average molecular weight is 396 g/mol. The van der Waals surface area contributed by atoms with E-state index in [0.29, 0.717) is 10.4 Å². The molecule has 0 spiro atoms. The van der Waals surface area contributed by atoms with Crippen LogP contribution in [0.4, 0.5) is 0 Å². The highest BCUT2D eigenvalue weighted by atomic mass is 79.9. The summed E-state index contributed by atoms with van der Waals surface area (Å²) < 4.78 is 6.93. The molecule has 2 nitrogen and oxygen atoms in total. The molecule has 0 amide bonds. The molecule has 0 aliphatic rings. The van der Waals surface area contributed by atoms with Crippen LogP contribution in [0.15, 0.2) is 19.6 Å². The van der Waals surface area contributed by atoms with Gasteiger partial charge in [-0.25, -0.2) is 0 Å². The fourth-order valence-corrected chi connectivity index (χ4v) is 2.75. The maximum atomic E-state index is 10.00. The van der Waals surface area contributed by atoms with Gasteiger partial charge in [-0.1, -0.05) is 58.3 Å². The fourth-order valence-electron chi connectivity index (χ4n) is 2.14. The second kappa shape index (κ2) is 10.0. The summed E-state index contributed by atoms with van der Waals surface area (Å²) in [4.78, 5) is 0. The van der Waals surface area contributed by atoms with Crippen molar-refractivity contribution < 1.29 is 9.52 Å². The summed E-state index contributed by atoms with van der Waals surface area (Å²) in [6, 6.07) is 1.83. The summed E-state index contributed by atoms with van der Waals surface area (Å²) in [5.74, 6) is 0.640. The lowest BCUT2D eigenvalue weighted by molar-refractivity contribution is 0.135. The predicted octanol–water partition coefficient (Wildman–Crippen LogP) is 6.37. The lowest BCUT2D eigenvalue weighted by Crippen LogP contribution is -1.95. The summed E-state index contributed by atoms with van der Waals surface area (Å²) in [7, 11) is 0. The third-order valence-electron chi connectivity index (χ3n) is 3.32. The van der Waals surface area contributed by atoms with Gasteiger partial charge in [0.15, 0.2) is 4.67 Å². The summed E-state index contributed by atoms with van der Waals surface area (Å²) >= 11 is 6.64. The smallest absolute Gasteiger partial charge is 0.183 e. The van der Waals surface area contributed by atoms with Gasteiger partial charge in [0.1, 0.15) is 11.9 Å². The first-order valence-electron chi connectivity index (χ1n) is 7.28. The van der Waals surface area contributed by atoms with Crippen LogP contribution in [0.25, 0.3) is 0 Å². The van der Waals surface area contributed by atoms with E-state index in [2.05, 4.69) is 38.8 Å². The molecule has 1 unspecified atom stereocenters. The zero-order chi connectivity index (χ0) is 14.1. The van der Waals surface area contributed by atoms with Crippen molar-refractivity contribution >= 4 is 31.9 Å². The van der Waals surface area contributed by atoms with Crippen LogP contribution in [-0.2, 0) is 0 Å². The molecule has 110 valence electrons. The Morgan fingerprint density at radius 2 is 1.63 bits per heavy atom. The van der Waals surface area contributed by atoms with Crippen LogP contribution in [0.2, 0.25) is 0 Å². The first-order valence-corrected chi connectivity index (χ1v) is 8.86. The Morgan fingerprint density at radius 3 is 2.16 bits per heavy atom. The van der Waals surface area contributed by atoms with E-state index in [-0.39, 0.29) is 0 Å². The molecular weight excluding hydrogens is 372 g/mol. The van der Waals surface area contributed by atoms with E-state index in [4.69, 9.17) is 4.42 Å². The van der Waals surface area contributed by atoms with Crippen molar-refractivity contribution in [3.8, 4) is 0 Å². The van der Waals surface area contributed by atoms with Crippen molar-refractivity contribution in [3.63, 3.8) is 0 Å². The number of rotatable bonds is 10. The molecule has 0 aliphatic heterocycles. The van der Waals surface area contributed by atoms with Gasteiger partial charge in [0.05, 0.1) is 4.47 Å². The lowest BCUT2D eigenvalue weighted by atomic mass is 10.0. The fraction of sp³-hybridized carbons (Fsp3) is 0.733. The van der Waals surface area contributed by atoms with E-state index in [1.165, 1.54) is 44.9 Å². The summed E-state index contributed by atoms with van der Waals surface area (Å²) in [6.07, 6.45) is 10.6. The molecule has 1 N–H and O–H groups in total. The summed E-state index contributed by atoms with van der Waals surface area (Å²) in [5, 5.41) is 10.00. The van der Waals surface area contributed by atoms with E-state index in [1.54, 1.807) is 0 Å². The number of hydrogen-bond acceptors (Lipinski definition) is 2. The molecule has 19 heavy (non-hydrogen) atoms. The van der Waals surface area contributed by atoms with Crippen molar-refractivity contribution in [2.45, 2.75) is 70.8 Å². The monoisotopic (exact) mass is 394 g/mol. The number of hydrogen-bond donors (Lipinski definition) is 1. The number of halogens is 2. The van der Waals surface area contributed by atoms with E-state index in [1.807, 2.05) is 6.07 Å². The van der Waals surface area contributed by atoms with Crippen LogP contribution in [-0.4, -0.2) is 5.11 Å². The maximum absolute atomic E-state index is 10.00. The summed E-state index contributed by atoms with van der Waals surface area (Å²) in [5.41, 5.74) is 0. The quantitative estimate of drug-likeness (QED) is 0.467. The zero-order valence-corrected chi connectivity index (χ0v) is 14.8. The third-order valence-corrected chi connectivity index (χ3v) is 5.03. The molecule has 0 aromatic carbocycles. The number of aliphatic hydroxyl groups excluding tert-OH is 1. The Kier molecular flexibility index (Phi) is 9.08. The van der Waals surface area contributed by atoms with Crippen LogP contribution in [0.5, 0.6) is 0 Å². The minimum Gasteiger partial charge on any atom is -0.450 e. The minimum absolute atomic E-state index is 0.484. The van der Waals surface area contributed by atoms with Gasteiger partial charge in [0.25, 0.3) is 0 Å². The molecule has 1 heterocycles. The Hall–Kier alpha value is 0.200. The van der Waals surface area contributed by atoms with Crippen LogP contribution in [0.3, 0.4) is 0 Å². The average Bonchev–Trinajstić information content (AvgIpc) is 2.73. The van der Waals surface area contributed by atoms with Gasteiger partial charge >= 0.3 is 0 Å². The highest BCUT2D eigenvalue weighted by Gasteiger charge is 2.14. The van der Waals surface area contributed by atoms with Crippen LogP contribution < -0.4 is 0 Å². The molecule has 0 radical (unpaired) electrons. The van der Waals surface area contributed by atoms with Gasteiger partial charge < -0.3 is 9.52 Å². The molecule has 0 saturated carbocycles. The lowest BCUT2D eigenvalue weighted by Gasteiger charge is -2.07. The van der Waals surface area contributed by atoms with E-state index < -0.39 is 6.10 Å². The van der Waals surface area contributed by atoms with Gasteiger partial charge in [-0.05, 0) is 44.3 Å². The van der Waals surface area contributed by atoms with Gasteiger partial charge in [-0.3, -0.25) is 0 Å². The Labute approximate surface area is 133 Å². The maximum Gasteiger partial charge on any atom is 0.183 e. The molecular formula is C15H24Br2O2. The van der Waals surface area contributed by atoms with Crippen LogP contribution in [0.1, 0.15) is 76.6 Å². The normalized spacial score (nSPS) is 12.8. The number of unbranched alkanes of at least 4 members (excludes halogenated alkanes) is 7. The molecule has 0 aliphatic carbocycles. The molecule has 1 aromatic heterocycles. The van der Waals surface area contributed by atoms with Crippen LogP contribution in [0, 0.1) is 0 Å². The standard InChI is InChI=1S/C15H24Br2O2/c1-2-3-4-5-6-7-8-9-10-13(18)14-11-12(16)15(17)19-14/h11,13,18H,2-10H2,1H3. The number of aliphatic hydroxyl groups is 1. The van der Waals surface area contributed by atoms with E-state index >= 15 is 0 Å². The first kappa shape index (κ1) is 17.3. The summed E-state index contributed by atoms with van der Waals surface area (Å²) in [6.45, 7) is 2.24.